The number of nitrogens with zero attached hydrogens (tertiary/aromatic N) is 2. The molecule has 1 aromatic rings. The minimum Gasteiger partial charge on any atom is -0.388 e. The van der Waals surface area contributed by atoms with Crippen molar-refractivity contribution in [3.63, 3.8) is 0 Å². The third-order valence-electron chi connectivity index (χ3n) is 2.31. The third kappa shape index (κ3) is 2.15. The van der Waals surface area contributed by atoms with Gasteiger partial charge in [-0.1, -0.05) is 27.7 Å². The highest BCUT2D eigenvalue weighted by Crippen LogP contribution is 2.29. The number of aromatic nitrogens is 2. The second-order valence-corrected chi connectivity index (χ2v) is 4.78. The maximum absolute atomic E-state index is 9.83. The van der Waals surface area contributed by atoms with E-state index in [2.05, 4.69) is 25.9 Å². The molecule has 0 radical (unpaired) electrons. The molecule has 0 aliphatic heterocycles. The molecule has 3 heteroatoms. The summed E-state index contributed by atoms with van der Waals surface area (Å²) >= 11 is 0. The summed E-state index contributed by atoms with van der Waals surface area (Å²) in [4.78, 5) is 0. The van der Waals surface area contributed by atoms with Gasteiger partial charge in [0.25, 0.3) is 0 Å². The minimum atomic E-state index is -0.391. The third-order valence-corrected chi connectivity index (χ3v) is 2.31. The van der Waals surface area contributed by atoms with E-state index in [0.29, 0.717) is 0 Å². The van der Waals surface area contributed by atoms with Crippen LogP contribution in [0.3, 0.4) is 0 Å². The molecule has 1 rings (SSSR count). The molecule has 1 atom stereocenters. The fourth-order valence-electron chi connectivity index (χ4n) is 1.55. The lowest BCUT2D eigenvalue weighted by molar-refractivity contribution is 0.171. The molecule has 0 amide bonds. The Morgan fingerprint density at radius 1 is 1.50 bits per heavy atom. The lowest BCUT2D eigenvalue weighted by Crippen LogP contribution is -2.16. The van der Waals surface area contributed by atoms with Crippen LogP contribution in [0.15, 0.2) is 6.20 Å². The van der Waals surface area contributed by atoms with Gasteiger partial charge >= 0.3 is 0 Å². The summed E-state index contributed by atoms with van der Waals surface area (Å²) in [5.74, 6) is 0. The number of aliphatic hydroxyl groups is 1. The van der Waals surface area contributed by atoms with Gasteiger partial charge in [-0.25, -0.2) is 0 Å². The topological polar surface area (TPSA) is 38.0 Å². The summed E-state index contributed by atoms with van der Waals surface area (Å²) in [6, 6.07) is 0. The monoisotopic (exact) mass is 196 g/mol. The number of hydrogen-bond acceptors (Lipinski definition) is 2. The van der Waals surface area contributed by atoms with Gasteiger partial charge in [0.2, 0.25) is 0 Å². The van der Waals surface area contributed by atoms with E-state index in [-0.39, 0.29) is 5.41 Å². The zero-order chi connectivity index (χ0) is 10.9. The van der Waals surface area contributed by atoms with E-state index in [1.807, 2.05) is 20.2 Å². The van der Waals surface area contributed by atoms with Crippen LogP contribution in [-0.4, -0.2) is 14.9 Å². The number of aryl methyl sites for hydroxylation is 1. The van der Waals surface area contributed by atoms with Crippen LogP contribution >= 0.6 is 0 Å². The molecule has 0 bridgehead atoms. The van der Waals surface area contributed by atoms with Gasteiger partial charge in [0.05, 0.1) is 11.8 Å². The smallest absolute Gasteiger partial charge is 0.0820 e. The Hall–Kier alpha value is -0.830. The molecule has 0 fully saturated rings. The Morgan fingerprint density at radius 3 is 2.50 bits per heavy atom. The lowest BCUT2D eigenvalue weighted by Gasteiger charge is -2.19. The van der Waals surface area contributed by atoms with Crippen molar-refractivity contribution in [2.45, 2.75) is 45.6 Å². The van der Waals surface area contributed by atoms with Gasteiger partial charge in [-0.2, -0.15) is 5.10 Å². The molecule has 80 valence electrons. The molecule has 1 unspecified atom stereocenters. The maximum atomic E-state index is 9.83. The van der Waals surface area contributed by atoms with Crippen LogP contribution in [0.25, 0.3) is 0 Å². The molecule has 0 aliphatic carbocycles. The normalized spacial score (nSPS) is 14.4. The van der Waals surface area contributed by atoms with Crippen LogP contribution in [0.5, 0.6) is 0 Å². The molecule has 0 aromatic carbocycles. The summed E-state index contributed by atoms with van der Waals surface area (Å²) < 4.78 is 1.77. The van der Waals surface area contributed by atoms with Gasteiger partial charge < -0.3 is 5.11 Å². The maximum Gasteiger partial charge on any atom is 0.0820 e. The summed E-state index contributed by atoms with van der Waals surface area (Å²) in [6.45, 7) is 8.31. The van der Waals surface area contributed by atoms with E-state index in [0.717, 1.165) is 17.7 Å². The van der Waals surface area contributed by atoms with Gasteiger partial charge in [-0.15, -0.1) is 0 Å². The molecule has 1 heterocycles. The van der Waals surface area contributed by atoms with Crippen molar-refractivity contribution >= 4 is 0 Å². The average molecular weight is 196 g/mol. The van der Waals surface area contributed by atoms with Crippen molar-refractivity contribution in [1.29, 1.82) is 0 Å². The van der Waals surface area contributed by atoms with Crippen molar-refractivity contribution in [1.82, 2.24) is 9.78 Å². The van der Waals surface area contributed by atoms with Gasteiger partial charge in [0.15, 0.2) is 0 Å². The predicted molar refractivity (Wildman–Crippen MR) is 57.2 cm³/mol. The number of rotatable bonds is 2. The Bertz CT molecular complexity index is 310. The Morgan fingerprint density at radius 2 is 2.07 bits per heavy atom. The van der Waals surface area contributed by atoms with Crippen LogP contribution in [0.4, 0.5) is 0 Å². The summed E-state index contributed by atoms with van der Waals surface area (Å²) in [6.07, 6.45) is 2.25. The Kier molecular flexibility index (Phi) is 3.00. The molecule has 0 saturated heterocycles. The van der Waals surface area contributed by atoms with Crippen LogP contribution < -0.4 is 0 Å². The fraction of sp³-hybridized carbons (Fsp3) is 0.727. The first-order chi connectivity index (χ1) is 6.36. The molecule has 0 spiro atoms. The van der Waals surface area contributed by atoms with Crippen molar-refractivity contribution in [3.05, 3.63) is 17.5 Å². The second kappa shape index (κ2) is 3.73. The number of hydrogen-bond donors (Lipinski definition) is 1. The van der Waals surface area contributed by atoms with Crippen LogP contribution in [-0.2, 0) is 12.5 Å². The van der Waals surface area contributed by atoms with E-state index < -0.39 is 6.10 Å². The Labute approximate surface area is 85.8 Å². The SMILES string of the molecule is CCC(O)c1cn(C)nc1C(C)(C)C. The molecule has 0 saturated carbocycles. The first-order valence-corrected chi connectivity index (χ1v) is 5.08. The molecule has 14 heavy (non-hydrogen) atoms. The molecule has 1 aromatic heterocycles. The van der Waals surface area contributed by atoms with Crippen LogP contribution in [0.1, 0.15) is 51.5 Å². The quantitative estimate of drug-likeness (QED) is 0.787. The average Bonchev–Trinajstić information content (AvgIpc) is 2.45. The molecule has 1 N–H and O–H groups in total. The number of aliphatic hydroxyl groups excluding tert-OH is 1. The van der Waals surface area contributed by atoms with Crippen LogP contribution in [0, 0.1) is 0 Å². The van der Waals surface area contributed by atoms with Gasteiger partial charge in [0.1, 0.15) is 0 Å². The first-order valence-electron chi connectivity index (χ1n) is 5.08. The first kappa shape index (κ1) is 11.2. The van der Waals surface area contributed by atoms with Crippen molar-refractivity contribution in [3.8, 4) is 0 Å². The van der Waals surface area contributed by atoms with Gasteiger partial charge in [0, 0.05) is 24.2 Å². The highest BCUT2D eigenvalue weighted by molar-refractivity contribution is 5.26. The summed E-state index contributed by atoms with van der Waals surface area (Å²) in [7, 11) is 1.89. The molecule has 0 aliphatic rings. The zero-order valence-corrected chi connectivity index (χ0v) is 9.70. The minimum absolute atomic E-state index is 0.00720. The van der Waals surface area contributed by atoms with E-state index >= 15 is 0 Å². The lowest BCUT2D eigenvalue weighted by atomic mass is 9.88. The second-order valence-electron chi connectivity index (χ2n) is 4.78. The van der Waals surface area contributed by atoms with E-state index in [1.165, 1.54) is 0 Å². The largest absolute Gasteiger partial charge is 0.388 e. The fourth-order valence-corrected chi connectivity index (χ4v) is 1.55. The molecule has 3 nitrogen and oxygen atoms in total. The molecular formula is C11H20N2O. The van der Waals surface area contributed by atoms with Gasteiger partial charge in [-0.05, 0) is 6.42 Å². The van der Waals surface area contributed by atoms with Crippen molar-refractivity contribution < 1.29 is 5.11 Å². The zero-order valence-electron chi connectivity index (χ0n) is 9.70. The summed E-state index contributed by atoms with van der Waals surface area (Å²) in [5.41, 5.74) is 1.95. The standard InChI is InChI=1S/C11H20N2O/c1-6-9(14)8-7-13(5)12-10(8)11(2,3)4/h7,9,14H,6H2,1-5H3. The van der Waals surface area contributed by atoms with E-state index in [9.17, 15) is 5.11 Å². The summed E-state index contributed by atoms with van der Waals surface area (Å²) in [5, 5.41) is 14.2. The highest BCUT2D eigenvalue weighted by atomic mass is 16.3. The highest BCUT2D eigenvalue weighted by Gasteiger charge is 2.24. The van der Waals surface area contributed by atoms with Gasteiger partial charge in [-0.3, -0.25) is 4.68 Å². The predicted octanol–water partition coefficient (Wildman–Crippen LogP) is 2.16. The Balaban J connectivity index is 3.16. The van der Waals surface area contributed by atoms with E-state index in [4.69, 9.17) is 0 Å². The van der Waals surface area contributed by atoms with Crippen molar-refractivity contribution in [2.24, 2.45) is 7.05 Å². The molecular weight excluding hydrogens is 176 g/mol. The van der Waals surface area contributed by atoms with Crippen LogP contribution in [0.2, 0.25) is 0 Å². The van der Waals surface area contributed by atoms with Crippen molar-refractivity contribution in [2.75, 3.05) is 0 Å². The van der Waals surface area contributed by atoms with E-state index in [1.54, 1.807) is 4.68 Å².